The molecule has 0 aromatic heterocycles. The maximum absolute atomic E-state index is 12.2. The highest BCUT2D eigenvalue weighted by Gasteiger charge is 2.13. The van der Waals surface area contributed by atoms with E-state index in [-0.39, 0.29) is 11.3 Å². The first-order valence-electron chi connectivity index (χ1n) is 8.36. The van der Waals surface area contributed by atoms with Crippen molar-refractivity contribution in [2.45, 2.75) is 0 Å². The highest BCUT2D eigenvalue weighted by Crippen LogP contribution is 2.27. The minimum atomic E-state index is -1.15. The third-order valence-electron chi connectivity index (χ3n) is 3.76. The first kappa shape index (κ1) is 19.2. The Morgan fingerprint density at radius 3 is 2.32 bits per heavy atom. The molecule has 0 heterocycles. The number of carbonyl (C=O) groups is 2. The topological polar surface area (TPSA) is 75.6 Å². The zero-order valence-corrected chi connectivity index (χ0v) is 15.4. The minimum absolute atomic E-state index is 0.0337. The summed E-state index contributed by atoms with van der Waals surface area (Å²) >= 11 is 5.83. The summed E-state index contributed by atoms with van der Waals surface area (Å²) in [6.07, 6.45) is 2.93. The summed E-state index contributed by atoms with van der Waals surface area (Å²) in [5.74, 6) is -0.601. The standard InChI is InChI=1S/C22H16ClNO4/c23-16-9-6-15(7-10-16)8-13-21(25)24-20-14-18(11-12-19(20)22(26)27)28-17-4-2-1-3-5-17/h1-14H,(H,24,25)(H,26,27)/b13-8+. The van der Waals surface area contributed by atoms with Crippen LogP contribution in [0.1, 0.15) is 15.9 Å². The van der Waals surface area contributed by atoms with Crippen LogP contribution in [0.2, 0.25) is 5.02 Å². The average Bonchev–Trinajstić information content (AvgIpc) is 2.68. The molecule has 3 aromatic carbocycles. The molecule has 0 saturated carbocycles. The van der Waals surface area contributed by atoms with Crippen LogP contribution in [-0.2, 0) is 4.79 Å². The number of halogens is 1. The molecule has 5 nitrogen and oxygen atoms in total. The molecule has 0 aliphatic rings. The summed E-state index contributed by atoms with van der Waals surface area (Å²) in [6.45, 7) is 0. The van der Waals surface area contributed by atoms with Crippen molar-refractivity contribution in [3.63, 3.8) is 0 Å². The number of hydrogen-bond donors (Lipinski definition) is 2. The van der Waals surface area contributed by atoms with Gasteiger partial charge >= 0.3 is 5.97 Å². The van der Waals surface area contributed by atoms with Gasteiger partial charge in [-0.25, -0.2) is 4.79 Å². The molecule has 0 radical (unpaired) electrons. The van der Waals surface area contributed by atoms with Crippen LogP contribution in [0.5, 0.6) is 11.5 Å². The lowest BCUT2D eigenvalue weighted by Gasteiger charge is -2.11. The summed E-state index contributed by atoms with van der Waals surface area (Å²) in [5.41, 5.74) is 0.902. The molecule has 140 valence electrons. The van der Waals surface area contributed by atoms with Gasteiger partial charge in [-0.15, -0.1) is 0 Å². The van der Waals surface area contributed by atoms with E-state index >= 15 is 0 Å². The third kappa shape index (κ3) is 5.22. The molecular weight excluding hydrogens is 378 g/mol. The highest BCUT2D eigenvalue weighted by molar-refractivity contribution is 6.30. The van der Waals surface area contributed by atoms with Gasteiger partial charge in [0.2, 0.25) is 5.91 Å². The zero-order chi connectivity index (χ0) is 19.9. The molecular formula is C22H16ClNO4. The van der Waals surface area contributed by atoms with Gasteiger partial charge in [-0.05, 0) is 48.0 Å². The van der Waals surface area contributed by atoms with E-state index in [0.717, 1.165) is 5.56 Å². The molecule has 3 aromatic rings. The molecule has 0 unspecified atom stereocenters. The monoisotopic (exact) mass is 393 g/mol. The van der Waals surface area contributed by atoms with Gasteiger partial charge in [0.05, 0.1) is 11.3 Å². The molecule has 2 N–H and O–H groups in total. The fourth-order valence-electron chi connectivity index (χ4n) is 2.42. The summed E-state index contributed by atoms with van der Waals surface area (Å²) in [5, 5.41) is 12.6. The van der Waals surface area contributed by atoms with Gasteiger partial charge in [-0.2, -0.15) is 0 Å². The number of rotatable bonds is 6. The minimum Gasteiger partial charge on any atom is -0.478 e. The summed E-state index contributed by atoms with van der Waals surface area (Å²) < 4.78 is 5.70. The fourth-order valence-corrected chi connectivity index (χ4v) is 2.55. The number of carboxylic acids is 1. The van der Waals surface area contributed by atoms with E-state index in [2.05, 4.69) is 5.32 Å². The first-order valence-corrected chi connectivity index (χ1v) is 8.74. The van der Waals surface area contributed by atoms with E-state index in [1.54, 1.807) is 42.5 Å². The summed E-state index contributed by atoms with van der Waals surface area (Å²) in [6, 6.07) is 20.4. The Morgan fingerprint density at radius 2 is 1.64 bits per heavy atom. The van der Waals surface area contributed by atoms with Gasteiger partial charge in [0.25, 0.3) is 0 Å². The van der Waals surface area contributed by atoms with Crippen LogP contribution in [0.4, 0.5) is 5.69 Å². The number of para-hydroxylation sites is 1. The molecule has 0 atom stereocenters. The number of ether oxygens (including phenoxy) is 1. The molecule has 6 heteroatoms. The number of carboxylic acid groups (broad SMARTS) is 1. The van der Waals surface area contributed by atoms with Crippen LogP contribution >= 0.6 is 11.6 Å². The van der Waals surface area contributed by atoms with Gasteiger partial charge < -0.3 is 15.2 Å². The third-order valence-corrected chi connectivity index (χ3v) is 4.01. The van der Waals surface area contributed by atoms with E-state index in [9.17, 15) is 14.7 Å². The molecule has 1 amide bonds. The zero-order valence-electron chi connectivity index (χ0n) is 14.6. The number of amides is 1. The van der Waals surface area contributed by atoms with Gasteiger partial charge in [0, 0.05) is 17.2 Å². The predicted molar refractivity (Wildman–Crippen MR) is 109 cm³/mol. The van der Waals surface area contributed by atoms with Gasteiger partial charge in [0.15, 0.2) is 0 Å². The van der Waals surface area contributed by atoms with Crippen molar-refractivity contribution < 1.29 is 19.4 Å². The van der Waals surface area contributed by atoms with Crippen LogP contribution in [0.3, 0.4) is 0 Å². The van der Waals surface area contributed by atoms with Crippen molar-refractivity contribution >= 4 is 35.2 Å². The van der Waals surface area contributed by atoms with Gasteiger partial charge in [0.1, 0.15) is 11.5 Å². The van der Waals surface area contributed by atoms with Crippen molar-refractivity contribution in [3.8, 4) is 11.5 Å². The SMILES string of the molecule is O=C(/C=C/c1ccc(Cl)cc1)Nc1cc(Oc2ccccc2)ccc1C(=O)O. The van der Waals surface area contributed by atoms with E-state index in [1.807, 2.05) is 18.2 Å². The summed E-state index contributed by atoms with van der Waals surface area (Å²) in [4.78, 5) is 23.7. The number of hydrogen-bond acceptors (Lipinski definition) is 3. The Morgan fingerprint density at radius 1 is 0.929 bits per heavy atom. The van der Waals surface area contributed by atoms with E-state index < -0.39 is 11.9 Å². The molecule has 3 rings (SSSR count). The van der Waals surface area contributed by atoms with Crippen molar-refractivity contribution in [3.05, 3.63) is 95.0 Å². The smallest absolute Gasteiger partial charge is 0.337 e. The maximum atomic E-state index is 12.2. The average molecular weight is 394 g/mol. The van der Waals surface area contributed by atoms with E-state index in [0.29, 0.717) is 16.5 Å². The van der Waals surface area contributed by atoms with Crippen molar-refractivity contribution in [2.75, 3.05) is 5.32 Å². The van der Waals surface area contributed by atoms with Gasteiger partial charge in [-0.3, -0.25) is 4.79 Å². The number of carbonyl (C=O) groups excluding carboxylic acids is 1. The van der Waals surface area contributed by atoms with Crippen LogP contribution in [0.15, 0.2) is 78.9 Å². The molecule has 0 spiro atoms. The van der Waals surface area contributed by atoms with E-state index in [1.165, 1.54) is 24.3 Å². The Balaban J connectivity index is 1.78. The Hall–Kier alpha value is -3.57. The maximum Gasteiger partial charge on any atom is 0.337 e. The number of benzene rings is 3. The molecule has 0 fully saturated rings. The number of aromatic carboxylic acids is 1. The Kier molecular flexibility index (Phi) is 6.09. The Bertz CT molecular complexity index is 1010. The van der Waals surface area contributed by atoms with Gasteiger partial charge in [-0.1, -0.05) is 41.9 Å². The van der Waals surface area contributed by atoms with E-state index in [4.69, 9.17) is 16.3 Å². The Labute approximate surface area is 166 Å². The van der Waals surface area contributed by atoms with Crippen LogP contribution < -0.4 is 10.1 Å². The largest absolute Gasteiger partial charge is 0.478 e. The lowest BCUT2D eigenvalue weighted by atomic mass is 10.1. The van der Waals surface area contributed by atoms with Crippen molar-refractivity contribution in [1.29, 1.82) is 0 Å². The quantitative estimate of drug-likeness (QED) is 0.543. The fraction of sp³-hybridized carbons (Fsp3) is 0. The molecule has 0 aliphatic carbocycles. The second-order valence-electron chi connectivity index (χ2n) is 5.80. The van der Waals surface area contributed by atoms with Crippen molar-refractivity contribution in [2.24, 2.45) is 0 Å². The lowest BCUT2D eigenvalue weighted by Crippen LogP contribution is -2.12. The second-order valence-corrected chi connectivity index (χ2v) is 6.24. The lowest BCUT2D eigenvalue weighted by molar-refractivity contribution is -0.111. The normalized spacial score (nSPS) is 10.6. The number of anilines is 1. The van der Waals surface area contributed by atoms with Crippen LogP contribution in [0.25, 0.3) is 6.08 Å². The number of nitrogens with one attached hydrogen (secondary N) is 1. The summed E-state index contributed by atoms with van der Waals surface area (Å²) in [7, 11) is 0. The van der Waals surface area contributed by atoms with Crippen LogP contribution in [-0.4, -0.2) is 17.0 Å². The molecule has 0 bridgehead atoms. The highest BCUT2D eigenvalue weighted by atomic mass is 35.5. The van der Waals surface area contributed by atoms with Crippen LogP contribution in [0, 0.1) is 0 Å². The first-order chi connectivity index (χ1) is 13.5. The second kappa shape index (κ2) is 8.88. The molecule has 0 aliphatic heterocycles. The molecule has 0 saturated heterocycles. The molecule has 28 heavy (non-hydrogen) atoms. The van der Waals surface area contributed by atoms with Crippen molar-refractivity contribution in [1.82, 2.24) is 0 Å². The predicted octanol–water partition coefficient (Wildman–Crippen LogP) is 5.48.